The highest BCUT2D eigenvalue weighted by Gasteiger charge is 2.10. The van der Waals surface area contributed by atoms with Crippen molar-refractivity contribution in [1.29, 1.82) is 5.26 Å². The van der Waals surface area contributed by atoms with Gasteiger partial charge in [0.2, 0.25) is 0 Å². The van der Waals surface area contributed by atoms with Crippen LogP contribution in [0.3, 0.4) is 0 Å². The lowest BCUT2D eigenvalue weighted by Gasteiger charge is -2.13. The number of hydrogen-bond acceptors (Lipinski definition) is 3. The summed E-state index contributed by atoms with van der Waals surface area (Å²) in [7, 11) is 0. The summed E-state index contributed by atoms with van der Waals surface area (Å²) in [5.41, 5.74) is 5.53. The fraction of sp³-hybridized carbons (Fsp3) is 0.519. The quantitative estimate of drug-likeness (QED) is 0.371. The van der Waals surface area contributed by atoms with E-state index in [1.807, 2.05) is 46.8 Å². The molecule has 0 unspecified atom stereocenters. The fourth-order valence-electron chi connectivity index (χ4n) is 2.47. The molecule has 0 fully saturated rings. The van der Waals surface area contributed by atoms with Crippen LogP contribution in [-0.4, -0.2) is 16.8 Å². The van der Waals surface area contributed by atoms with Gasteiger partial charge in [-0.05, 0) is 82.1 Å². The first kappa shape index (κ1) is 29.7. The lowest BCUT2D eigenvalue weighted by molar-refractivity contribution is 0.288. The van der Waals surface area contributed by atoms with Crippen LogP contribution >= 0.6 is 0 Å². The van der Waals surface area contributed by atoms with Gasteiger partial charge in [0.15, 0.2) is 0 Å². The third-order valence-corrected chi connectivity index (χ3v) is 3.99. The first-order chi connectivity index (χ1) is 14.3. The van der Waals surface area contributed by atoms with Crippen LogP contribution in [0.15, 0.2) is 35.9 Å². The van der Waals surface area contributed by atoms with Gasteiger partial charge in [-0.3, -0.25) is 0 Å². The van der Waals surface area contributed by atoms with E-state index in [0.29, 0.717) is 12.2 Å². The Balaban J connectivity index is 0. The standard InChI is InChI=1S/C19H26O2.C4H7N.C4H8/c1-4-7-9-15(5-2)12-18-14-16(10-8-11-20)13-17(6-3)19(18)21;1-2-3-4-5;1-4(2)3/h9,13-14,20-21H,5-6,8,10-12H2,1-3H3;2-3H2,1H3;1H2,2-3H3/b15-9+;;. The Labute approximate surface area is 185 Å². The topological polar surface area (TPSA) is 64.2 Å². The maximum Gasteiger partial charge on any atom is 0.122 e. The highest BCUT2D eigenvalue weighted by Crippen LogP contribution is 2.28. The Bertz CT molecular complexity index is 739. The van der Waals surface area contributed by atoms with E-state index in [1.165, 1.54) is 16.7 Å². The Morgan fingerprint density at radius 1 is 1.17 bits per heavy atom. The van der Waals surface area contributed by atoms with Crippen molar-refractivity contribution >= 4 is 0 Å². The molecule has 0 saturated carbocycles. The molecule has 0 amide bonds. The fourth-order valence-corrected chi connectivity index (χ4v) is 2.47. The van der Waals surface area contributed by atoms with E-state index < -0.39 is 0 Å². The van der Waals surface area contributed by atoms with Crippen molar-refractivity contribution in [2.45, 2.75) is 86.5 Å². The molecule has 0 aliphatic rings. The molecule has 3 nitrogen and oxygen atoms in total. The molecule has 0 radical (unpaired) electrons. The summed E-state index contributed by atoms with van der Waals surface area (Å²) >= 11 is 0. The molecule has 1 aromatic carbocycles. The Kier molecular flexibility index (Phi) is 19.6. The molecule has 0 saturated heterocycles. The molecule has 1 aromatic rings. The van der Waals surface area contributed by atoms with Gasteiger partial charge in [-0.25, -0.2) is 0 Å². The number of rotatable bonds is 8. The molecular formula is C27H41NO2. The lowest BCUT2D eigenvalue weighted by Crippen LogP contribution is -1.98. The zero-order valence-electron chi connectivity index (χ0n) is 19.9. The smallest absolute Gasteiger partial charge is 0.122 e. The van der Waals surface area contributed by atoms with E-state index in [-0.39, 0.29) is 6.61 Å². The number of phenols is 1. The van der Waals surface area contributed by atoms with Crippen molar-refractivity contribution in [3.05, 3.63) is 52.6 Å². The Morgan fingerprint density at radius 2 is 1.77 bits per heavy atom. The molecule has 1 rings (SSSR count). The SMILES string of the molecule is C=C(C)C.CC#C/C=C(\CC)Cc1cc(CCCO)cc(CC)c1O.CCCC#N. The molecular weight excluding hydrogens is 370 g/mol. The number of aliphatic hydroxyl groups is 1. The number of allylic oxidation sites excluding steroid dienone is 3. The Hall–Kier alpha value is -2.49. The first-order valence-electron chi connectivity index (χ1n) is 10.8. The predicted molar refractivity (Wildman–Crippen MR) is 129 cm³/mol. The predicted octanol–water partition coefficient (Wildman–Crippen LogP) is 6.67. The molecule has 0 heterocycles. The average molecular weight is 412 g/mol. The van der Waals surface area contributed by atoms with E-state index in [0.717, 1.165) is 49.7 Å². The van der Waals surface area contributed by atoms with E-state index in [1.54, 1.807) is 0 Å². The van der Waals surface area contributed by atoms with Crippen molar-refractivity contribution in [2.75, 3.05) is 6.61 Å². The van der Waals surface area contributed by atoms with Crippen LogP contribution in [-0.2, 0) is 19.3 Å². The minimum absolute atomic E-state index is 0.198. The van der Waals surface area contributed by atoms with Gasteiger partial charge in [-0.2, -0.15) is 5.26 Å². The summed E-state index contributed by atoms with van der Waals surface area (Å²) < 4.78 is 0. The van der Waals surface area contributed by atoms with Crippen LogP contribution < -0.4 is 0 Å². The van der Waals surface area contributed by atoms with Crippen LogP contribution in [0.1, 0.15) is 83.9 Å². The van der Waals surface area contributed by atoms with Crippen LogP contribution in [0.5, 0.6) is 5.75 Å². The summed E-state index contributed by atoms with van der Waals surface area (Å²) in [4.78, 5) is 0. The number of hydrogen-bond donors (Lipinski definition) is 2. The van der Waals surface area contributed by atoms with Crippen molar-refractivity contribution in [1.82, 2.24) is 0 Å². The minimum Gasteiger partial charge on any atom is -0.507 e. The highest BCUT2D eigenvalue weighted by molar-refractivity contribution is 5.46. The number of nitriles is 1. The largest absolute Gasteiger partial charge is 0.507 e. The number of aromatic hydroxyl groups is 1. The second-order valence-corrected chi connectivity index (χ2v) is 7.29. The van der Waals surface area contributed by atoms with Crippen molar-refractivity contribution in [3.8, 4) is 23.7 Å². The summed E-state index contributed by atoms with van der Waals surface area (Å²) in [5, 5.41) is 27.2. The molecule has 0 bridgehead atoms. The van der Waals surface area contributed by atoms with Crippen molar-refractivity contribution in [3.63, 3.8) is 0 Å². The van der Waals surface area contributed by atoms with Gasteiger partial charge in [0.05, 0.1) is 6.07 Å². The van der Waals surface area contributed by atoms with Gasteiger partial charge in [0.1, 0.15) is 5.75 Å². The van der Waals surface area contributed by atoms with Crippen LogP contribution in [0.25, 0.3) is 0 Å². The molecule has 0 aliphatic carbocycles. The number of aliphatic hydroxyl groups excluding tert-OH is 1. The normalized spacial score (nSPS) is 9.73. The summed E-state index contributed by atoms with van der Waals surface area (Å²) in [6.45, 7) is 15.7. The number of aryl methyl sites for hydroxylation is 2. The van der Waals surface area contributed by atoms with Gasteiger partial charge in [0, 0.05) is 13.0 Å². The van der Waals surface area contributed by atoms with Gasteiger partial charge in [0.25, 0.3) is 0 Å². The number of nitrogens with zero attached hydrogens (tertiary/aromatic N) is 1. The van der Waals surface area contributed by atoms with Crippen LogP contribution in [0.2, 0.25) is 0 Å². The van der Waals surface area contributed by atoms with Gasteiger partial charge in [-0.1, -0.05) is 50.0 Å². The third-order valence-electron chi connectivity index (χ3n) is 3.99. The number of unbranched alkanes of at least 4 members (excludes halogenated alkanes) is 1. The number of phenolic OH excluding ortho intramolecular Hbond substituents is 1. The summed E-state index contributed by atoms with van der Waals surface area (Å²) in [6.07, 6.45) is 7.70. The summed E-state index contributed by atoms with van der Waals surface area (Å²) in [6, 6.07) is 6.13. The molecule has 30 heavy (non-hydrogen) atoms. The zero-order valence-corrected chi connectivity index (χ0v) is 19.9. The molecule has 2 N–H and O–H groups in total. The maximum atomic E-state index is 10.4. The molecule has 0 aliphatic heterocycles. The first-order valence-corrected chi connectivity index (χ1v) is 10.8. The molecule has 166 valence electrons. The van der Waals surface area contributed by atoms with E-state index in [9.17, 15) is 5.11 Å². The maximum absolute atomic E-state index is 10.4. The second-order valence-electron chi connectivity index (χ2n) is 7.29. The highest BCUT2D eigenvalue weighted by atomic mass is 16.3. The van der Waals surface area contributed by atoms with Gasteiger partial charge >= 0.3 is 0 Å². The summed E-state index contributed by atoms with van der Waals surface area (Å²) in [5.74, 6) is 6.28. The Morgan fingerprint density at radius 3 is 2.17 bits per heavy atom. The van der Waals surface area contributed by atoms with E-state index in [2.05, 4.69) is 37.5 Å². The van der Waals surface area contributed by atoms with E-state index in [4.69, 9.17) is 10.4 Å². The second kappa shape index (κ2) is 19.8. The van der Waals surface area contributed by atoms with Crippen molar-refractivity contribution < 1.29 is 10.2 Å². The monoisotopic (exact) mass is 411 g/mol. The lowest BCUT2D eigenvalue weighted by atomic mass is 9.94. The van der Waals surface area contributed by atoms with E-state index >= 15 is 0 Å². The molecule has 0 aromatic heterocycles. The zero-order chi connectivity index (χ0) is 23.4. The minimum atomic E-state index is 0.198. The average Bonchev–Trinajstić information content (AvgIpc) is 2.71. The van der Waals surface area contributed by atoms with Gasteiger partial charge < -0.3 is 10.2 Å². The van der Waals surface area contributed by atoms with Crippen molar-refractivity contribution in [2.24, 2.45) is 0 Å². The molecule has 0 atom stereocenters. The molecule has 3 heteroatoms. The number of benzene rings is 1. The van der Waals surface area contributed by atoms with Crippen LogP contribution in [0.4, 0.5) is 0 Å². The third kappa shape index (κ3) is 15.4. The molecule has 0 spiro atoms. The van der Waals surface area contributed by atoms with Crippen LogP contribution in [0, 0.1) is 23.2 Å². The van der Waals surface area contributed by atoms with Gasteiger partial charge in [-0.15, -0.1) is 12.5 Å².